The van der Waals surface area contributed by atoms with Gasteiger partial charge in [0.15, 0.2) is 5.82 Å². The van der Waals surface area contributed by atoms with Gasteiger partial charge in [0.05, 0.1) is 5.69 Å². The van der Waals surface area contributed by atoms with Gasteiger partial charge in [-0.15, -0.1) is 24.8 Å². The topological polar surface area (TPSA) is 47.7 Å². The lowest BCUT2D eigenvalue weighted by Crippen LogP contribution is -2.11. The molecule has 0 atom stereocenters. The van der Waals surface area contributed by atoms with Crippen molar-refractivity contribution in [2.24, 2.45) is 0 Å². The third-order valence-corrected chi connectivity index (χ3v) is 4.90. The van der Waals surface area contributed by atoms with Gasteiger partial charge in [-0.25, -0.2) is 4.98 Å². The fourth-order valence-electron chi connectivity index (χ4n) is 3.59. The number of fused-ring (bicyclic) bond motifs is 1. The van der Waals surface area contributed by atoms with Gasteiger partial charge in [0.2, 0.25) is 0 Å². The zero-order valence-corrected chi connectivity index (χ0v) is 16.1. The molecule has 25 heavy (non-hydrogen) atoms. The molecule has 0 bridgehead atoms. The fourth-order valence-corrected chi connectivity index (χ4v) is 3.59. The molecule has 0 radical (unpaired) electrons. The summed E-state index contributed by atoms with van der Waals surface area (Å²) in [4.78, 5) is 4.56. The highest BCUT2D eigenvalue weighted by Crippen LogP contribution is 2.23. The van der Waals surface area contributed by atoms with E-state index in [4.69, 9.17) is 5.10 Å². The molecule has 0 saturated carbocycles. The van der Waals surface area contributed by atoms with Gasteiger partial charge >= 0.3 is 0 Å². The maximum absolute atomic E-state index is 4.79. The first-order valence-electron chi connectivity index (χ1n) is 8.87. The summed E-state index contributed by atoms with van der Waals surface area (Å²) in [6.07, 6.45) is 13.9. The summed E-state index contributed by atoms with van der Waals surface area (Å²) in [6, 6.07) is 2.19. The number of imidazole rings is 1. The molecule has 1 N–H and O–H groups in total. The van der Waals surface area contributed by atoms with Crippen LogP contribution in [0.2, 0.25) is 0 Å². The van der Waals surface area contributed by atoms with E-state index in [2.05, 4.69) is 37.9 Å². The Kier molecular flexibility index (Phi) is 7.54. The van der Waals surface area contributed by atoms with Crippen LogP contribution in [0.1, 0.15) is 44.2 Å². The highest BCUT2D eigenvalue weighted by molar-refractivity contribution is 5.85. The Morgan fingerprint density at radius 1 is 1.16 bits per heavy atom. The van der Waals surface area contributed by atoms with E-state index in [0.717, 1.165) is 50.5 Å². The van der Waals surface area contributed by atoms with Crippen molar-refractivity contribution in [1.82, 2.24) is 24.6 Å². The molecule has 0 aromatic carbocycles. The summed E-state index contributed by atoms with van der Waals surface area (Å²) >= 11 is 0. The lowest BCUT2D eigenvalue weighted by Gasteiger charge is -2.13. The monoisotopic (exact) mass is 383 g/mol. The van der Waals surface area contributed by atoms with Crippen LogP contribution in [0, 0.1) is 0 Å². The number of hydrogen-bond acceptors (Lipinski definition) is 3. The maximum Gasteiger partial charge on any atom is 0.160 e. The largest absolute Gasteiger partial charge is 0.329 e. The number of halogens is 2. The SMILES string of the molecule is C1=C(CCn2ccnc2-c2cc3n(n2)CCCNC3)CCCC1.Cl.Cl. The minimum atomic E-state index is 0. The first-order valence-corrected chi connectivity index (χ1v) is 8.87. The van der Waals surface area contributed by atoms with Crippen LogP contribution in [0.5, 0.6) is 0 Å². The van der Waals surface area contributed by atoms with Crippen LogP contribution in [0.3, 0.4) is 0 Å². The Balaban J connectivity index is 0.00000113. The molecule has 0 fully saturated rings. The Hall–Kier alpha value is -1.30. The van der Waals surface area contributed by atoms with Gasteiger partial charge in [0.1, 0.15) is 5.69 Å². The Bertz CT molecular complexity index is 681. The average molecular weight is 384 g/mol. The fraction of sp³-hybridized carbons (Fsp3) is 0.556. The van der Waals surface area contributed by atoms with Crippen LogP contribution in [-0.2, 0) is 19.6 Å². The van der Waals surface area contributed by atoms with Gasteiger partial charge in [-0.2, -0.15) is 5.10 Å². The van der Waals surface area contributed by atoms with Crippen LogP contribution in [0.4, 0.5) is 0 Å². The van der Waals surface area contributed by atoms with Crippen molar-refractivity contribution in [3.8, 4) is 11.5 Å². The van der Waals surface area contributed by atoms with E-state index in [1.54, 1.807) is 5.57 Å². The third-order valence-electron chi connectivity index (χ3n) is 4.90. The third kappa shape index (κ3) is 4.66. The van der Waals surface area contributed by atoms with Crippen LogP contribution < -0.4 is 5.32 Å². The summed E-state index contributed by atoms with van der Waals surface area (Å²) < 4.78 is 4.39. The van der Waals surface area contributed by atoms with Crippen LogP contribution >= 0.6 is 24.8 Å². The van der Waals surface area contributed by atoms with E-state index in [0.29, 0.717) is 0 Å². The van der Waals surface area contributed by atoms with E-state index < -0.39 is 0 Å². The summed E-state index contributed by atoms with van der Waals surface area (Å²) in [6.45, 7) is 3.97. The van der Waals surface area contributed by atoms with Crippen LogP contribution in [-0.4, -0.2) is 25.9 Å². The zero-order chi connectivity index (χ0) is 15.5. The number of aromatic nitrogens is 4. The van der Waals surface area contributed by atoms with Gasteiger partial charge in [-0.05, 0) is 51.1 Å². The molecule has 0 amide bonds. The predicted molar refractivity (Wildman–Crippen MR) is 105 cm³/mol. The van der Waals surface area contributed by atoms with E-state index >= 15 is 0 Å². The molecule has 1 aliphatic carbocycles. The second kappa shape index (κ2) is 9.41. The second-order valence-electron chi connectivity index (χ2n) is 6.58. The van der Waals surface area contributed by atoms with E-state index in [1.807, 2.05) is 6.20 Å². The number of rotatable bonds is 4. The Labute approximate surface area is 161 Å². The molecule has 7 heteroatoms. The predicted octanol–water partition coefficient (Wildman–Crippen LogP) is 3.97. The Morgan fingerprint density at radius 3 is 2.92 bits per heavy atom. The standard InChI is InChI=1S/C18H25N5.2ClH/c1-2-5-15(6-3-1)7-11-22-12-9-20-18(22)17-13-16-14-19-8-4-10-23(16)21-17;;/h5,9,12-13,19H,1-4,6-8,10-11,14H2;2*1H. The molecule has 2 aromatic heterocycles. The minimum Gasteiger partial charge on any atom is -0.329 e. The number of aryl methyl sites for hydroxylation is 2. The van der Waals surface area contributed by atoms with Crippen molar-refractivity contribution in [2.75, 3.05) is 6.54 Å². The van der Waals surface area contributed by atoms with Crippen molar-refractivity contribution in [2.45, 2.75) is 58.2 Å². The van der Waals surface area contributed by atoms with Crippen LogP contribution in [0.25, 0.3) is 11.5 Å². The van der Waals surface area contributed by atoms with Gasteiger partial charge in [0, 0.05) is 32.0 Å². The van der Waals surface area contributed by atoms with Gasteiger partial charge in [0.25, 0.3) is 0 Å². The van der Waals surface area contributed by atoms with E-state index in [-0.39, 0.29) is 24.8 Å². The maximum atomic E-state index is 4.79. The van der Waals surface area contributed by atoms with Crippen molar-refractivity contribution in [3.05, 3.63) is 35.8 Å². The average Bonchev–Trinajstić information content (AvgIpc) is 3.15. The molecular weight excluding hydrogens is 357 g/mol. The van der Waals surface area contributed by atoms with Gasteiger partial charge < -0.3 is 9.88 Å². The molecule has 138 valence electrons. The summed E-state index contributed by atoms with van der Waals surface area (Å²) in [5.41, 5.74) is 3.88. The number of allylic oxidation sites excluding steroid dienone is 2. The molecule has 2 aliphatic rings. The lowest BCUT2D eigenvalue weighted by molar-refractivity contribution is 0.586. The minimum absolute atomic E-state index is 0. The van der Waals surface area contributed by atoms with E-state index in [9.17, 15) is 0 Å². The molecular formula is C18H27Cl2N5. The summed E-state index contributed by atoms with van der Waals surface area (Å²) in [5.74, 6) is 1.00. The number of nitrogens with zero attached hydrogens (tertiary/aromatic N) is 4. The first-order chi connectivity index (χ1) is 11.4. The summed E-state index contributed by atoms with van der Waals surface area (Å²) in [7, 11) is 0. The highest BCUT2D eigenvalue weighted by atomic mass is 35.5. The number of nitrogens with one attached hydrogen (secondary N) is 1. The molecule has 0 unspecified atom stereocenters. The molecule has 1 aliphatic heterocycles. The second-order valence-corrected chi connectivity index (χ2v) is 6.58. The molecule has 5 nitrogen and oxygen atoms in total. The number of hydrogen-bond donors (Lipinski definition) is 1. The molecule has 0 saturated heterocycles. The van der Waals surface area contributed by atoms with Crippen molar-refractivity contribution in [1.29, 1.82) is 0 Å². The molecule has 0 spiro atoms. The van der Waals surface area contributed by atoms with Crippen LogP contribution in [0.15, 0.2) is 30.1 Å². The molecule has 3 heterocycles. The highest BCUT2D eigenvalue weighted by Gasteiger charge is 2.15. The van der Waals surface area contributed by atoms with Gasteiger partial charge in [-0.3, -0.25) is 4.68 Å². The van der Waals surface area contributed by atoms with Crippen molar-refractivity contribution >= 4 is 24.8 Å². The van der Waals surface area contributed by atoms with Crippen molar-refractivity contribution in [3.63, 3.8) is 0 Å². The van der Waals surface area contributed by atoms with E-state index in [1.165, 1.54) is 31.4 Å². The smallest absolute Gasteiger partial charge is 0.160 e. The molecule has 2 aromatic rings. The molecule has 4 rings (SSSR count). The van der Waals surface area contributed by atoms with Crippen molar-refractivity contribution < 1.29 is 0 Å². The lowest BCUT2D eigenvalue weighted by atomic mass is 9.97. The first kappa shape index (κ1) is 20.0. The summed E-state index contributed by atoms with van der Waals surface area (Å²) in [5, 5.41) is 8.24. The zero-order valence-electron chi connectivity index (χ0n) is 14.5. The normalized spacial score (nSPS) is 16.9. The quantitative estimate of drug-likeness (QED) is 0.812. The Morgan fingerprint density at radius 2 is 2.08 bits per heavy atom. The van der Waals surface area contributed by atoms with Gasteiger partial charge in [-0.1, -0.05) is 11.6 Å².